The molecule has 9 aromatic rings. The van der Waals surface area contributed by atoms with E-state index in [9.17, 15) is 0 Å². The van der Waals surface area contributed by atoms with Crippen molar-refractivity contribution < 1.29 is 4.74 Å². The van der Waals surface area contributed by atoms with Gasteiger partial charge in [0.1, 0.15) is 17.3 Å². The molecule has 5 heteroatoms. The fraction of sp³-hybridized carbons (Fsp3) is 0.113. The van der Waals surface area contributed by atoms with Crippen LogP contribution in [0.2, 0.25) is 0 Å². The predicted molar refractivity (Wildman–Crippen MR) is 241 cm³/mol. The van der Waals surface area contributed by atoms with Crippen LogP contribution in [0.15, 0.2) is 188 Å². The fourth-order valence-electron chi connectivity index (χ4n) is 8.30. The molecule has 2 aromatic heterocycles. The molecule has 0 aliphatic carbocycles. The highest BCUT2D eigenvalue weighted by molar-refractivity contribution is 6.10. The molecule has 3 heterocycles. The van der Waals surface area contributed by atoms with E-state index in [-0.39, 0.29) is 5.41 Å². The van der Waals surface area contributed by atoms with Crippen molar-refractivity contribution in [3.05, 3.63) is 199 Å². The van der Waals surface area contributed by atoms with E-state index < -0.39 is 0 Å². The molecule has 1 aliphatic rings. The summed E-state index contributed by atoms with van der Waals surface area (Å²) in [7, 11) is 0. The van der Waals surface area contributed by atoms with Gasteiger partial charge in [0.2, 0.25) is 0 Å². The summed E-state index contributed by atoms with van der Waals surface area (Å²) in [6.45, 7) is 8.29. The van der Waals surface area contributed by atoms with E-state index in [0.717, 1.165) is 63.8 Å². The van der Waals surface area contributed by atoms with Gasteiger partial charge in [0, 0.05) is 41.3 Å². The lowest BCUT2D eigenvalue weighted by atomic mass is 9.88. The molecular formula is C53H44N4O. The van der Waals surface area contributed by atoms with Crippen molar-refractivity contribution in [1.82, 2.24) is 9.55 Å². The minimum Gasteiger partial charge on any atom is -0.457 e. The summed E-state index contributed by atoms with van der Waals surface area (Å²) in [5, 5.41) is 2.32. The van der Waals surface area contributed by atoms with Crippen LogP contribution in [-0.4, -0.2) is 16.2 Å². The summed E-state index contributed by atoms with van der Waals surface area (Å²) in [4.78, 5) is 9.80. The Morgan fingerprint density at radius 3 is 1.97 bits per heavy atom. The number of nitrogens with zero attached hydrogens (tertiary/aromatic N) is 4. The van der Waals surface area contributed by atoms with E-state index in [1.807, 2.05) is 6.20 Å². The third-order valence-electron chi connectivity index (χ3n) is 11.3. The quantitative estimate of drug-likeness (QED) is 0.155. The summed E-state index contributed by atoms with van der Waals surface area (Å²) in [5.74, 6) is 2.42. The average Bonchev–Trinajstić information content (AvgIpc) is 3.79. The number of fused-ring (bicyclic) bond motifs is 4. The lowest BCUT2D eigenvalue weighted by Gasteiger charge is -2.23. The standard InChI is InChI=1S/C53H44N4O/c1-53(2,3)42-27-28-54-52(32-42)57-48-26-23-40(38-17-9-5-10-18-38)31-47(48)46-25-24-44(34-51(46)57)58-45-30-41(39-19-11-6-12-20-39)29-43(33-45)56-36-55(35-37-15-7-4-8-16-37)49-21-13-14-22-50(49)56/h4-34H,35-36H2,1-3H3. The van der Waals surface area contributed by atoms with Gasteiger partial charge in [0.25, 0.3) is 0 Å². The average molecular weight is 753 g/mol. The van der Waals surface area contributed by atoms with E-state index in [0.29, 0.717) is 0 Å². The molecule has 0 N–H and O–H groups in total. The number of benzene rings is 7. The second-order valence-corrected chi connectivity index (χ2v) is 16.2. The topological polar surface area (TPSA) is 33.5 Å². The molecular weight excluding hydrogens is 709 g/mol. The van der Waals surface area contributed by atoms with Gasteiger partial charge in [-0.2, -0.15) is 0 Å². The number of para-hydroxylation sites is 2. The Labute approximate surface area is 340 Å². The van der Waals surface area contributed by atoms with Crippen LogP contribution in [0.4, 0.5) is 17.1 Å². The lowest BCUT2D eigenvalue weighted by Crippen LogP contribution is -2.27. The minimum atomic E-state index is -0.0267. The predicted octanol–water partition coefficient (Wildman–Crippen LogP) is 13.7. The number of hydrogen-bond acceptors (Lipinski definition) is 4. The second-order valence-electron chi connectivity index (χ2n) is 16.2. The maximum Gasteiger partial charge on any atom is 0.137 e. The van der Waals surface area contributed by atoms with Gasteiger partial charge in [-0.3, -0.25) is 4.57 Å². The van der Waals surface area contributed by atoms with Crippen molar-refractivity contribution in [3.63, 3.8) is 0 Å². The Balaban J connectivity index is 1.09. The lowest BCUT2D eigenvalue weighted by molar-refractivity contribution is 0.483. The highest BCUT2D eigenvalue weighted by Gasteiger charge is 2.28. The van der Waals surface area contributed by atoms with Crippen LogP contribution in [0.1, 0.15) is 31.9 Å². The zero-order valence-corrected chi connectivity index (χ0v) is 33.0. The van der Waals surface area contributed by atoms with Gasteiger partial charge in [-0.25, -0.2) is 4.98 Å². The third kappa shape index (κ3) is 6.65. The summed E-state index contributed by atoms with van der Waals surface area (Å²) in [6, 6.07) is 64.7. The highest BCUT2D eigenvalue weighted by atomic mass is 16.5. The molecule has 0 unspecified atom stereocenters. The van der Waals surface area contributed by atoms with Crippen LogP contribution in [0, 0.1) is 0 Å². The monoisotopic (exact) mass is 752 g/mol. The van der Waals surface area contributed by atoms with E-state index in [2.05, 4.69) is 217 Å². The first-order chi connectivity index (χ1) is 28.4. The molecule has 7 aromatic carbocycles. The molecule has 0 spiro atoms. The molecule has 1 aliphatic heterocycles. The maximum absolute atomic E-state index is 6.94. The van der Waals surface area contributed by atoms with E-state index >= 15 is 0 Å². The molecule has 0 amide bonds. The van der Waals surface area contributed by atoms with Crippen LogP contribution < -0.4 is 14.5 Å². The molecule has 5 nitrogen and oxygen atoms in total. The first-order valence-corrected chi connectivity index (χ1v) is 20.0. The Bertz CT molecular complexity index is 2910. The van der Waals surface area contributed by atoms with Crippen molar-refractivity contribution in [3.8, 4) is 39.6 Å². The van der Waals surface area contributed by atoms with Gasteiger partial charge < -0.3 is 14.5 Å². The number of ether oxygens (including phenoxy) is 1. The number of rotatable bonds is 8. The molecule has 0 bridgehead atoms. The number of anilines is 3. The SMILES string of the molecule is CC(C)(C)c1ccnc(-n2c3ccc(-c4ccccc4)cc3c3ccc(Oc4cc(-c5ccccc5)cc(N5CN(Cc6ccccc6)c6ccccc65)c4)cc32)c1. The summed E-state index contributed by atoms with van der Waals surface area (Å²) in [6.07, 6.45) is 1.93. The molecule has 10 rings (SSSR count). The van der Waals surface area contributed by atoms with Gasteiger partial charge in [-0.15, -0.1) is 0 Å². The Morgan fingerprint density at radius 2 is 1.22 bits per heavy atom. The zero-order valence-electron chi connectivity index (χ0n) is 33.0. The number of pyridine rings is 1. The molecule has 0 fully saturated rings. The van der Waals surface area contributed by atoms with Crippen LogP contribution >= 0.6 is 0 Å². The molecule has 58 heavy (non-hydrogen) atoms. The van der Waals surface area contributed by atoms with E-state index in [1.165, 1.54) is 39.0 Å². The van der Waals surface area contributed by atoms with E-state index in [1.54, 1.807) is 0 Å². The first-order valence-electron chi connectivity index (χ1n) is 20.0. The summed E-state index contributed by atoms with van der Waals surface area (Å²) in [5.41, 5.74) is 12.7. The van der Waals surface area contributed by atoms with Gasteiger partial charge in [0.15, 0.2) is 0 Å². The molecule has 0 saturated carbocycles. The van der Waals surface area contributed by atoms with Crippen molar-refractivity contribution in [2.75, 3.05) is 16.5 Å². The normalized spacial score (nSPS) is 12.7. The van der Waals surface area contributed by atoms with Crippen LogP contribution in [-0.2, 0) is 12.0 Å². The van der Waals surface area contributed by atoms with Crippen LogP contribution in [0.3, 0.4) is 0 Å². The Kier molecular flexibility index (Phi) is 8.79. The van der Waals surface area contributed by atoms with Gasteiger partial charge in [-0.05, 0) is 99.5 Å². The third-order valence-corrected chi connectivity index (χ3v) is 11.3. The highest BCUT2D eigenvalue weighted by Crippen LogP contribution is 2.44. The van der Waals surface area contributed by atoms with Crippen LogP contribution in [0.25, 0.3) is 49.9 Å². The summed E-state index contributed by atoms with van der Waals surface area (Å²) >= 11 is 0. The molecule has 282 valence electrons. The number of hydrogen-bond donors (Lipinski definition) is 0. The van der Waals surface area contributed by atoms with E-state index in [4.69, 9.17) is 9.72 Å². The van der Waals surface area contributed by atoms with Crippen molar-refractivity contribution in [2.45, 2.75) is 32.7 Å². The molecule has 0 radical (unpaired) electrons. The fourth-order valence-corrected chi connectivity index (χ4v) is 8.30. The van der Waals surface area contributed by atoms with Crippen molar-refractivity contribution in [2.24, 2.45) is 0 Å². The first kappa shape index (κ1) is 35.3. The van der Waals surface area contributed by atoms with Gasteiger partial charge >= 0.3 is 0 Å². The van der Waals surface area contributed by atoms with Gasteiger partial charge in [-0.1, -0.05) is 130 Å². The minimum absolute atomic E-state index is 0.0267. The Hall–Kier alpha value is -7.11. The zero-order chi connectivity index (χ0) is 39.2. The van der Waals surface area contributed by atoms with Crippen molar-refractivity contribution in [1.29, 1.82) is 0 Å². The Morgan fingerprint density at radius 1 is 0.534 bits per heavy atom. The maximum atomic E-state index is 6.94. The van der Waals surface area contributed by atoms with Crippen LogP contribution in [0.5, 0.6) is 11.5 Å². The smallest absolute Gasteiger partial charge is 0.137 e. The second kappa shape index (κ2) is 14.4. The largest absolute Gasteiger partial charge is 0.457 e. The summed E-state index contributed by atoms with van der Waals surface area (Å²) < 4.78 is 9.23. The molecule has 0 atom stereocenters. The van der Waals surface area contributed by atoms with Crippen molar-refractivity contribution >= 4 is 38.9 Å². The van der Waals surface area contributed by atoms with Gasteiger partial charge in [0.05, 0.1) is 29.1 Å². The number of aromatic nitrogens is 2. The molecule has 0 saturated heterocycles.